The highest BCUT2D eigenvalue weighted by molar-refractivity contribution is 5.61. The Kier molecular flexibility index (Phi) is 3.08. The Bertz CT molecular complexity index is 560. The Labute approximate surface area is 99.6 Å². The van der Waals surface area contributed by atoms with Gasteiger partial charge in [0, 0.05) is 24.0 Å². The maximum atomic E-state index is 12.9. The van der Waals surface area contributed by atoms with Gasteiger partial charge < -0.3 is 10.7 Å². The number of imidazole rings is 1. The van der Waals surface area contributed by atoms with Gasteiger partial charge in [-0.05, 0) is 18.2 Å². The molecule has 2 rings (SSSR count). The quantitative estimate of drug-likeness (QED) is 0.815. The fraction of sp³-hybridized carbons (Fsp3) is 0.182. The van der Waals surface area contributed by atoms with Gasteiger partial charge in [0.1, 0.15) is 11.6 Å². The number of halogens is 4. The molecular weight excluding hydrogens is 250 g/mol. The molecule has 0 fully saturated rings. The lowest BCUT2D eigenvalue weighted by Gasteiger charge is -2.11. The molecule has 0 bridgehead atoms. The van der Waals surface area contributed by atoms with Gasteiger partial charge in [-0.2, -0.15) is 13.2 Å². The lowest BCUT2D eigenvalue weighted by Crippen LogP contribution is -2.08. The molecule has 0 aliphatic heterocycles. The van der Waals surface area contributed by atoms with E-state index in [0.717, 1.165) is 12.1 Å². The molecule has 0 saturated carbocycles. The summed E-state index contributed by atoms with van der Waals surface area (Å²) in [6.07, 6.45) is -3.30. The molecule has 96 valence electrons. The monoisotopic (exact) mass is 259 g/mol. The summed E-state index contributed by atoms with van der Waals surface area (Å²) in [4.78, 5) is 6.46. The zero-order valence-electron chi connectivity index (χ0n) is 9.05. The molecule has 2 aromatic rings. The summed E-state index contributed by atoms with van der Waals surface area (Å²) in [5, 5.41) is 0. The van der Waals surface area contributed by atoms with E-state index in [1.807, 2.05) is 0 Å². The lowest BCUT2D eigenvalue weighted by atomic mass is 10.1. The fourth-order valence-electron chi connectivity index (χ4n) is 1.56. The number of alkyl halides is 3. The molecule has 0 unspecified atom stereocenters. The highest BCUT2D eigenvalue weighted by atomic mass is 19.4. The zero-order chi connectivity index (χ0) is 13.3. The van der Waals surface area contributed by atoms with Gasteiger partial charge in [-0.25, -0.2) is 9.37 Å². The highest BCUT2D eigenvalue weighted by Gasteiger charge is 2.34. The van der Waals surface area contributed by atoms with Crippen LogP contribution in [0.2, 0.25) is 0 Å². The molecule has 3 nitrogen and oxygen atoms in total. The number of H-pyrrole nitrogens is 1. The van der Waals surface area contributed by atoms with Gasteiger partial charge in [0.05, 0.1) is 5.56 Å². The van der Waals surface area contributed by atoms with E-state index in [4.69, 9.17) is 5.73 Å². The summed E-state index contributed by atoms with van der Waals surface area (Å²) in [6, 6.07) is 2.44. The minimum absolute atomic E-state index is 0.0165. The maximum Gasteiger partial charge on any atom is 0.417 e. The van der Waals surface area contributed by atoms with E-state index in [1.165, 1.54) is 6.20 Å². The van der Waals surface area contributed by atoms with Crippen LogP contribution in [0.4, 0.5) is 17.6 Å². The average Bonchev–Trinajstić information content (AvgIpc) is 2.76. The Morgan fingerprint density at radius 3 is 2.56 bits per heavy atom. The Balaban J connectivity index is 2.56. The standard InChI is InChI=1S/C11H9F4N3/c12-6-1-2-8(9(3-6)11(13,14)15)10-17-5-7(4-16)18-10/h1-3,5H,4,16H2,(H,17,18). The van der Waals surface area contributed by atoms with Gasteiger partial charge in [0.15, 0.2) is 0 Å². The summed E-state index contributed by atoms with van der Waals surface area (Å²) in [5.74, 6) is -0.931. The first-order chi connectivity index (χ1) is 8.41. The molecule has 0 saturated heterocycles. The largest absolute Gasteiger partial charge is 0.417 e. The predicted octanol–water partition coefficient (Wildman–Crippen LogP) is 2.69. The Hall–Kier alpha value is -1.89. The van der Waals surface area contributed by atoms with Crippen LogP contribution in [0.5, 0.6) is 0 Å². The average molecular weight is 259 g/mol. The minimum atomic E-state index is -4.65. The van der Waals surface area contributed by atoms with Crippen LogP contribution in [-0.2, 0) is 12.7 Å². The van der Waals surface area contributed by atoms with Crippen molar-refractivity contribution in [2.45, 2.75) is 12.7 Å². The predicted molar refractivity (Wildman–Crippen MR) is 56.9 cm³/mol. The third-order valence-corrected chi connectivity index (χ3v) is 2.39. The van der Waals surface area contributed by atoms with Crippen LogP contribution in [0.1, 0.15) is 11.3 Å². The Morgan fingerprint density at radius 2 is 2.00 bits per heavy atom. The maximum absolute atomic E-state index is 12.9. The summed E-state index contributed by atoms with van der Waals surface area (Å²) in [7, 11) is 0. The minimum Gasteiger partial charge on any atom is -0.341 e. The van der Waals surface area contributed by atoms with Crippen LogP contribution in [-0.4, -0.2) is 9.97 Å². The first kappa shape index (κ1) is 12.6. The number of hydrogen-bond donors (Lipinski definition) is 2. The van der Waals surface area contributed by atoms with Gasteiger partial charge in [0.2, 0.25) is 0 Å². The molecule has 7 heteroatoms. The summed E-state index contributed by atoms with van der Waals surface area (Å²) >= 11 is 0. The van der Waals surface area contributed by atoms with Crippen molar-refractivity contribution in [2.75, 3.05) is 0 Å². The van der Waals surface area contributed by atoms with Crippen molar-refractivity contribution in [1.82, 2.24) is 9.97 Å². The molecule has 0 spiro atoms. The van der Waals surface area contributed by atoms with E-state index in [0.29, 0.717) is 11.8 Å². The van der Waals surface area contributed by atoms with Crippen LogP contribution in [0.15, 0.2) is 24.4 Å². The van der Waals surface area contributed by atoms with Crippen molar-refractivity contribution in [3.8, 4) is 11.4 Å². The van der Waals surface area contributed by atoms with Crippen molar-refractivity contribution < 1.29 is 17.6 Å². The SMILES string of the molecule is NCc1cnc(-c2ccc(F)cc2C(F)(F)F)[nH]1. The second-order valence-corrected chi connectivity index (χ2v) is 3.65. The summed E-state index contributed by atoms with van der Waals surface area (Å²) < 4.78 is 51.2. The molecule has 18 heavy (non-hydrogen) atoms. The highest BCUT2D eigenvalue weighted by Crippen LogP contribution is 2.36. The number of nitrogens with one attached hydrogen (secondary N) is 1. The van der Waals surface area contributed by atoms with Crippen molar-refractivity contribution in [3.63, 3.8) is 0 Å². The molecule has 1 aromatic carbocycles. The van der Waals surface area contributed by atoms with Crippen LogP contribution in [0.25, 0.3) is 11.4 Å². The van der Waals surface area contributed by atoms with Crippen LogP contribution < -0.4 is 5.73 Å². The van der Waals surface area contributed by atoms with Crippen molar-refractivity contribution in [3.05, 3.63) is 41.5 Å². The number of hydrogen-bond acceptors (Lipinski definition) is 2. The molecule has 0 atom stereocenters. The number of nitrogens with two attached hydrogens (primary N) is 1. The van der Waals surface area contributed by atoms with E-state index in [2.05, 4.69) is 9.97 Å². The van der Waals surface area contributed by atoms with Crippen LogP contribution in [0.3, 0.4) is 0 Å². The van der Waals surface area contributed by atoms with E-state index < -0.39 is 17.6 Å². The zero-order valence-corrected chi connectivity index (χ0v) is 9.05. The third-order valence-electron chi connectivity index (χ3n) is 2.39. The smallest absolute Gasteiger partial charge is 0.341 e. The van der Waals surface area contributed by atoms with Crippen molar-refractivity contribution >= 4 is 0 Å². The number of aromatic nitrogens is 2. The van der Waals surface area contributed by atoms with E-state index in [-0.39, 0.29) is 17.9 Å². The second kappa shape index (κ2) is 4.41. The van der Waals surface area contributed by atoms with Gasteiger partial charge in [0.25, 0.3) is 0 Å². The van der Waals surface area contributed by atoms with Gasteiger partial charge in [-0.3, -0.25) is 0 Å². The van der Waals surface area contributed by atoms with Gasteiger partial charge in [-0.1, -0.05) is 0 Å². The number of aromatic amines is 1. The molecule has 0 radical (unpaired) electrons. The molecule has 0 amide bonds. The van der Waals surface area contributed by atoms with Gasteiger partial charge in [-0.15, -0.1) is 0 Å². The van der Waals surface area contributed by atoms with E-state index >= 15 is 0 Å². The summed E-state index contributed by atoms with van der Waals surface area (Å²) in [6.45, 7) is 0.134. The molecule has 1 heterocycles. The lowest BCUT2D eigenvalue weighted by molar-refractivity contribution is -0.137. The number of benzene rings is 1. The topological polar surface area (TPSA) is 54.7 Å². The summed E-state index contributed by atoms with van der Waals surface area (Å²) in [5.41, 5.74) is 4.56. The molecule has 0 aliphatic rings. The van der Waals surface area contributed by atoms with Crippen LogP contribution in [0, 0.1) is 5.82 Å². The van der Waals surface area contributed by atoms with Gasteiger partial charge >= 0.3 is 6.18 Å². The third kappa shape index (κ3) is 2.35. The fourth-order valence-corrected chi connectivity index (χ4v) is 1.56. The molecule has 0 aliphatic carbocycles. The first-order valence-electron chi connectivity index (χ1n) is 5.03. The van der Waals surface area contributed by atoms with E-state index in [9.17, 15) is 17.6 Å². The number of nitrogens with zero attached hydrogens (tertiary/aromatic N) is 1. The second-order valence-electron chi connectivity index (χ2n) is 3.65. The van der Waals surface area contributed by atoms with Crippen molar-refractivity contribution in [1.29, 1.82) is 0 Å². The van der Waals surface area contributed by atoms with E-state index in [1.54, 1.807) is 0 Å². The van der Waals surface area contributed by atoms with Crippen LogP contribution >= 0.6 is 0 Å². The first-order valence-corrected chi connectivity index (χ1v) is 5.03. The molecule has 1 aromatic heterocycles. The number of rotatable bonds is 2. The normalized spacial score (nSPS) is 11.8. The Morgan fingerprint density at radius 1 is 1.28 bits per heavy atom. The van der Waals surface area contributed by atoms with Crippen molar-refractivity contribution in [2.24, 2.45) is 5.73 Å². The molecular formula is C11H9F4N3. The molecule has 3 N–H and O–H groups in total.